The molecular formula is C20H25N3O5S2. The van der Waals surface area contributed by atoms with Crippen LogP contribution < -0.4 is 9.75 Å². The summed E-state index contributed by atoms with van der Waals surface area (Å²) in [5.41, 5.74) is 1.62. The summed E-state index contributed by atoms with van der Waals surface area (Å²) < 4.78 is 14.6. The molecule has 1 aromatic carbocycles. The molecule has 0 saturated heterocycles. The molecule has 0 radical (unpaired) electrons. The van der Waals surface area contributed by atoms with Gasteiger partial charge in [0.2, 0.25) is 9.37 Å². The van der Waals surface area contributed by atoms with Crippen molar-refractivity contribution in [2.45, 2.75) is 31.0 Å². The summed E-state index contributed by atoms with van der Waals surface area (Å²) in [6.45, 7) is 4.13. The Hall–Kier alpha value is -2.33. The average Bonchev–Trinajstić information content (AvgIpc) is 3.28. The van der Waals surface area contributed by atoms with E-state index in [4.69, 9.17) is 14.2 Å². The third-order valence-electron chi connectivity index (χ3n) is 4.64. The van der Waals surface area contributed by atoms with Crippen molar-refractivity contribution in [2.75, 3.05) is 32.9 Å². The molecule has 1 atom stereocenters. The van der Waals surface area contributed by atoms with Crippen LogP contribution >= 0.6 is 23.5 Å². The van der Waals surface area contributed by atoms with Crippen molar-refractivity contribution in [3.8, 4) is 5.75 Å². The minimum Gasteiger partial charge on any atom is -0.497 e. The highest BCUT2D eigenvalue weighted by Crippen LogP contribution is 2.59. The molecule has 10 heteroatoms. The Morgan fingerprint density at radius 1 is 1.10 bits per heavy atom. The lowest BCUT2D eigenvalue weighted by Crippen LogP contribution is -2.47. The van der Waals surface area contributed by atoms with Crippen molar-refractivity contribution in [1.29, 1.82) is 0 Å². The van der Waals surface area contributed by atoms with E-state index in [2.05, 4.69) is 12.0 Å². The normalized spacial score (nSPS) is 20.6. The van der Waals surface area contributed by atoms with Gasteiger partial charge in [-0.25, -0.2) is 14.6 Å². The maximum atomic E-state index is 12.7. The van der Waals surface area contributed by atoms with Crippen molar-refractivity contribution in [2.24, 2.45) is 5.10 Å². The van der Waals surface area contributed by atoms with E-state index in [0.29, 0.717) is 17.1 Å². The Bertz CT molecular complexity index is 887. The quantitative estimate of drug-likeness (QED) is 0.578. The Labute approximate surface area is 184 Å². The van der Waals surface area contributed by atoms with E-state index in [0.717, 1.165) is 17.8 Å². The topological polar surface area (TPSA) is 80.7 Å². The molecule has 2 heterocycles. The van der Waals surface area contributed by atoms with Crippen LogP contribution in [0.15, 0.2) is 40.0 Å². The van der Waals surface area contributed by atoms with Crippen molar-refractivity contribution in [3.63, 3.8) is 0 Å². The molecule has 2 aliphatic heterocycles. The first-order chi connectivity index (χ1) is 14.4. The Morgan fingerprint density at radius 3 is 2.37 bits per heavy atom. The fraction of sp³-hybridized carbons (Fsp3) is 0.450. The van der Waals surface area contributed by atoms with Gasteiger partial charge in [0.15, 0.2) is 0 Å². The van der Waals surface area contributed by atoms with Crippen LogP contribution in [-0.4, -0.2) is 54.1 Å². The standard InChI is InChI=1S/C20H25N3O5S2/c1-6-8-15-16(18(24)28-7-2)29-20(22(15)3)23(21-17(30-20)19(25)27-5)13-9-11-14(26-4)12-10-13/h9-12H,6-8H2,1-5H3/t20-/m0/s1. The molecule has 1 aromatic rings. The van der Waals surface area contributed by atoms with Crippen LogP contribution in [-0.2, 0) is 19.1 Å². The van der Waals surface area contributed by atoms with E-state index in [1.54, 1.807) is 19.0 Å². The zero-order valence-corrected chi connectivity index (χ0v) is 19.3. The van der Waals surface area contributed by atoms with E-state index >= 15 is 0 Å². The van der Waals surface area contributed by atoms with E-state index in [1.807, 2.05) is 36.2 Å². The molecule has 1 spiro atoms. The predicted octanol–water partition coefficient (Wildman–Crippen LogP) is 3.60. The number of nitrogens with zero attached hydrogens (tertiary/aromatic N) is 3. The van der Waals surface area contributed by atoms with Gasteiger partial charge in [-0.15, -0.1) is 0 Å². The minimum absolute atomic E-state index is 0.216. The SMILES string of the molecule is CCCC1=C(C(=O)OCC)S[C@]2(SC(C(=O)OC)=NN2c2ccc(OC)cc2)N1C. The van der Waals surface area contributed by atoms with E-state index in [1.165, 1.54) is 30.6 Å². The number of carbonyl (C=O) groups is 2. The molecule has 30 heavy (non-hydrogen) atoms. The van der Waals surface area contributed by atoms with Gasteiger partial charge < -0.3 is 19.1 Å². The number of allylic oxidation sites excluding steroid dienone is 1. The number of hydrazone groups is 1. The predicted molar refractivity (Wildman–Crippen MR) is 119 cm³/mol. The number of anilines is 1. The summed E-state index contributed by atoms with van der Waals surface area (Å²) in [5, 5.41) is 6.52. The first-order valence-electron chi connectivity index (χ1n) is 9.55. The number of carbonyl (C=O) groups excluding carboxylic acids is 2. The number of rotatable bonds is 7. The molecule has 0 aliphatic carbocycles. The highest BCUT2D eigenvalue weighted by Gasteiger charge is 2.57. The van der Waals surface area contributed by atoms with Crippen molar-refractivity contribution in [1.82, 2.24) is 4.90 Å². The molecule has 3 rings (SSSR count). The second-order valence-corrected chi connectivity index (χ2v) is 9.06. The van der Waals surface area contributed by atoms with Crippen molar-refractivity contribution >= 4 is 46.2 Å². The van der Waals surface area contributed by atoms with Crippen LogP contribution in [0.2, 0.25) is 0 Å². The number of methoxy groups -OCH3 is 2. The second kappa shape index (κ2) is 9.22. The molecule has 162 valence electrons. The summed E-state index contributed by atoms with van der Waals surface area (Å²) in [4.78, 5) is 27.6. The van der Waals surface area contributed by atoms with Crippen molar-refractivity contribution < 1.29 is 23.8 Å². The average molecular weight is 452 g/mol. The van der Waals surface area contributed by atoms with Gasteiger partial charge in [-0.3, -0.25) is 0 Å². The van der Waals surface area contributed by atoms with Gasteiger partial charge in [-0.2, -0.15) is 5.10 Å². The molecule has 0 fully saturated rings. The Balaban J connectivity index is 2.06. The summed E-state index contributed by atoms with van der Waals surface area (Å²) in [7, 11) is 4.83. The van der Waals surface area contributed by atoms with E-state index < -0.39 is 10.3 Å². The number of thioether (sulfide) groups is 2. The minimum atomic E-state index is -0.884. The number of hydrogen-bond acceptors (Lipinski definition) is 10. The maximum Gasteiger partial charge on any atom is 0.365 e. The van der Waals surface area contributed by atoms with Crippen LogP contribution in [0.1, 0.15) is 26.7 Å². The summed E-state index contributed by atoms with van der Waals surface area (Å²) in [6, 6.07) is 7.37. The van der Waals surface area contributed by atoms with Gasteiger partial charge >= 0.3 is 11.9 Å². The lowest BCUT2D eigenvalue weighted by Gasteiger charge is -2.39. The number of hydrogen-bond donors (Lipinski definition) is 0. The summed E-state index contributed by atoms with van der Waals surface area (Å²) >= 11 is 2.59. The van der Waals surface area contributed by atoms with Gasteiger partial charge in [0.1, 0.15) is 10.7 Å². The van der Waals surface area contributed by atoms with Gasteiger partial charge in [0, 0.05) is 12.7 Å². The van der Waals surface area contributed by atoms with Crippen molar-refractivity contribution in [3.05, 3.63) is 34.9 Å². The molecular weight excluding hydrogens is 426 g/mol. The number of ether oxygens (including phenoxy) is 3. The number of esters is 2. The summed E-state index contributed by atoms with van der Waals surface area (Å²) in [5.74, 6) is -0.177. The van der Waals surface area contributed by atoms with E-state index in [9.17, 15) is 9.59 Å². The third-order valence-corrected chi connectivity index (χ3v) is 7.61. The fourth-order valence-electron chi connectivity index (χ4n) is 3.19. The molecule has 2 aliphatic rings. The largest absolute Gasteiger partial charge is 0.497 e. The zero-order valence-electron chi connectivity index (χ0n) is 17.6. The van der Waals surface area contributed by atoms with Crippen LogP contribution in [0.25, 0.3) is 0 Å². The van der Waals surface area contributed by atoms with Gasteiger partial charge in [-0.05, 0) is 49.4 Å². The molecule has 8 nitrogen and oxygen atoms in total. The zero-order chi connectivity index (χ0) is 21.9. The molecule has 0 bridgehead atoms. The van der Waals surface area contributed by atoms with Gasteiger partial charge in [0.05, 0.1) is 26.5 Å². The van der Waals surface area contributed by atoms with Crippen LogP contribution in [0, 0.1) is 0 Å². The molecule has 0 saturated carbocycles. The van der Waals surface area contributed by atoms with Crippen LogP contribution in [0.4, 0.5) is 5.69 Å². The first-order valence-corrected chi connectivity index (χ1v) is 11.2. The lowest BCUT2D eigenvalue weighted by atomic mass is 10.2. The lowest BCUT2D eigenvalue weighted by molar-refractivity contribution is -0.137. The van der Waals surface area contributed by atoms with Gasteiger partial charge in [-0.1, -0.05) is 25.1 Å². The Morgan fingerprint density at radius 2 is 1.80 bits per heavy atom. The van der Waals surface area contributed by atoms with E-state index in [-0.39, 0.29) is 17.6 Å². The highest BCUT2D eigenvalue weighted by molar-refractivity contribution is 8.28. The highest BCUT2D eigenvalue weighted by atomic mass is 32.2. The maximum absolute atomic E-state index is 12.7. The second-order valence-electron chi connectivity index (χ2n) is 6.46. The molecule has 0 amide bonds. The first kappa shape index (κ1) is 22.4. The fourth-order valence-corrected chi connectivity index (χ4v) is 6.11. The monoisotopic (exact) mass is 451 g/mol. The Kier molecular flexibility index (Phi) is 6.87. The smallest absolute Gasteiger partial charge is 0.365 e. The van der Waals surface area contributed by atoms with Gasteiger partial charge in [0.25, 0.3) is 0 Å². The third kappa shape index (κ3) is 3.85. The molecule has 0 N–H and O–H groups in total. The number of benzene rings is 1. The molecule has 0 aromatic heterocycles. The molecule has 0 unspecified atom stereocenters. The van der Waals surface area contributed by atoms with Crippen LogP contribution in [0.3, 0.4) is 0 Å². The summed E-state index contributed by atoms with van der Waals surface area (Å²) in [6.07, 6.45) is 1.56. The van der Waals surface area contributed by atoms with Crippen LogP contribution in [0.5, 0.6) is 5.75 Å².